The number of hydrogen-bond acceptors (Lipinski definition) is 3. The summed E-state index contributed by atoms with van der Waals surface area (Å²) < 4.78 is 22.9. The number of carbonyl (C=O) groups is 1. The minimum Gasteiger partial charge on any atom is -0.369 e. The van der Waals surface area contributed by atoms with Crippen molar-refractivity contribution in [1.82, 2.24) is 4.31 Å². The molecule has 1 atom stereocenters. The summed E-state index contributed by atoms with van der Waals surface area (Å²) in [4.78, 5) is 11.0. The highest BCUT2D eigenvalue weighted by Crippen LogP contribution is 2.30. The zero-order chi connectivity index (χ0) is 10.3. The first-order valence-electron chi connectivity index (χ1n) is 3.83. The van der Waals surface area contributed by atoms with Crippen molar-refractivity contribution in [3.8, 4) is 0 Å². The fraction of sp³-hybridized carbons (Fsp3) is 0.833. The van der Waals surface area contributed by atoms with Crippen molar-refractivity contribution >= 4 is 16.1 Å². The molecule has 0 bridgehead atoms. The highest BCUT2D eigenvalue weighted by atomic mass is 32.2. The van der Waals surface area contributed by atoms with Crippen LogP contribution in [-0.2, 0) is 15.0 Å². The number of rotatable bonds is 2. The van der Waals surface area contributed by atoms with E-state index in [4.69, 9.17) is 10.9 Å². The molecule has 13 heavy (non-hydrogen) atoms. The van der Waals surface area contributed by atoms with E-state index in [1.165, 1.54) is 0 Å². The maximum absolute atomic E-state index is 11.0. The normalized spacial score (nSPS) is 30.6. The second-order valence-electron chi connectivity index (χ2n) is 3.55. The molecule has 1 heterocycles. The number of amides is 1. The summed E-state index contributed by atoms with van der Waals surface area (Å²) in [6, 6.07) is 0. The molecule has 1 amide bonds. The Labute approximate surface area is 77.1 Å². The Morgan fingerprint density at radius 1 is 1.54 bits per heavy atom. The number of hydrogen-bond donors (Lipinski definition) is 2. The largest absolute Gasteiger partial charge is 0.369 e. The van der Waals surface area contributed by atoms with Crippen molar-refractivity contribution < 1.29 is 13.2 Å². The molecule has 1 unspecified atom stereocenters. The van der Waals surface area contributed by atoms with Crippen LogP contribution in [0, 0.1) is 5.41 Å². The maximum Gasteiger partial charge on any atom is 0.276 e. The van der Waals surface area contributed by atoms with Crippen LogP contribution in [0.4, 0.5) is 0 Å². The molecule has 0 radical (unpaired) electrons. The highest BCUT2D eigenvalue weighted by molar-refractivity contribution is 7.86. The van der Waals surface area contributed by atoms with Crippen molar-refractivity contribution in [3.63, 3.8) is 0 Å². The van der Waals surface area contributed by atoms with Gasteiger partial charge in [-0.25, -0.2) is 5.14 Å². The SMILES string of the molecule is CC1(C(N)=O)CCN(S(N)(=O)=O)C1. The lowest BCUT2D eigenvalue weighted by Crippen LogP contribution is -2.40. The van der Waals surface area contributed by atoms with E-state index in [1.807, 2.05) is 0 Å². The van der Waals surface area contributed by atoms with Crippen molar-refractivity contribution in [2.75, 3.05) is 13.1 Å². The van der Waals surface area contributed by atoms with Crippen LogP contribution in [0.3, 0.4) is 0 Å². The molecule has 0 aromatic carbocycles. The number of nitrogens with two attached hydrogens (primary N) is 2. The smallest absolute Gasteiger partial charge is 0.276 e. The minimum atomic E-state index is -3.68. The van der Waals surface area contributed by atoms with Gasteiger partial charge in [0.15, 0.2) is 0 Å². The van der Waals surface area contributed by atoms with E-state index in [0.29, 0.717) is 6.42 Å². The Kier molecular flexibility index (Phi) is 2.35. The molecule has 6 nitrogen and oxygen atoms in total. The van der Waals surface area contributed by atoms with E-state index in [0.717, 1.165) is 4.31 Å². The third-order valence-electron chi connectivity index (χ3n) is 2.39. The molecular formula is C6H13N3O3S. The molecule has 0 aromatic rings. The van der Waals surface area contributed by atoms with Gasteiger partial charge in [0.05, 0.1) is 5.41 Å². The van der Waals surface area contributed by atoms with Gasteiger partial charge in [0.1, 0.15) is 0 Å². The van der Waals surface area contributed by atoms with Crippen molar-refractivity contribution in [2.45, 2.75) is 13.3 Å². The molecule has 1 fully saturated rings. The van der Waals surface area contributed by atoms with Gasteiger partial charge >= 0.3 is 0 Å². The lowest BCUT2D eigenvalue weighted by atomic mass is 9.89. The lowest BCUT2D eigenvalue weighted by Gasteiger charge is -2.19. The Morgan fingerprint density at radius 3 is 2.31 bits per heavy atom. The Hall–Kier alpha value is -0.660. The molecule has 1 aliphatic rings. The molecule has 0 aliphatic carbocycles. The highest BCUT2D eigenvalue weighted by Gasteiger charge is 2.42. The van der Waals surface area contributed by atoms with Gasteiger partial charge in [0, 0.05) is 13.1 Å². The van der Waals surface area contributed by atoms with Crippen LogP contribution in [0.25, 0.3) is 0 Å². The summed E-state index contributed by atoms with van der Waals surface area (Å²) in [5.74, 6) is -0.487. The van der Waals surface area contributed by atoms with Crippen LogP contribution in [-0.4, -0.2) is 31.7 Å². The molecule has 1 aliphatic heterocycles. The molecule has 0 saturated carbocycles. The van der Waals surface area contributed by atoms with Gasteiger partial charge in [-0.3, -0.25) is 4.79 Å². The molecule has 0 aromatic heterocycles. The van der Waals surface area contributed by atoms with Crippen molar-refractivity contribution in [1.29, 1.82) is 0 Å². The van der Waals surface area contributed by atoms with Crippen LogP contribution in [0.15, 0.2) is 0 Å². The molecule has 7 heteroatoms. The first-order chi connectivity index (χ1) is 5.76. The summed E-state index contributed by atoms with van der Waals surface area (Å²) in [5, 5.41) is 4.91. The Morgan fingerprint density at radius 2 is 2.08 bits per heavy atom. The summed E-state index contributed by atoms with van der Waals surface area (Å²) in [6.45, 7) is 1.99. The topological polar surface area (TPSA) is 106 Å². The zero-order valence-corrected chi connectivity index (χ0v) is 8.17. The predicted octanol–water partition coefficient (Wildman–Crippen LogP) is -1.61. The summed E-state index contributed by atoms with van der Waals surface area (Å²) >= 11 is 0. The van der Waals surface area contributed by atoms with E-state index in [2.05, 4.69) is 0 Å². The van der Waals surface area contributed by atoms with Crippen LogP contribution in [0.5, 0.6) is 0 Å². The summed E-state index contributed by atoms with van der Waals surface area (Å²) in [5.41, 5.74) is 4.36. The lowest BCUT2D eigenvalue weighted by molar-refractivity contribution is -0.126. The second kappa shape index (κ2) is 2.93. The van der Waals surface area contributed by atoms with Crippen molar-refractivity contribution in [2.24, 2.45) is 16.3 Å². The van der Waals surface area contributed by atoms with E-state index < -0.39 is 21.5 Å². The van der Waals surface area contributed by atoms with E-state index in [1.54, 1.807) is 6.92 Å². The second-order valence-corrected chi connectivity index (χ2v) is 5.10. The van der Waals surface area contributed by atoms with Crippen LogP contribution >= 0.6 is 0 Å². The monoisotopic (exact) mass is 207 g/mol. The average molecular weight is 207 g/mol. The first kappa shape index (κ1) is 10.4. The van der Waals surface area contributed by atoms with Gasteiger partial charge in [-0.15, -0.1) is 0 Å². The minimum absolute atomic E-state index is 0.0845. The number of nitrogens with zero attached hydrogens (tertiary/aromatic N) is 1. The zero-order valence-electron chi connectivity index (χ0n) is 7.36. The molecule has 0 spiro atoms. The molecule has 1 saturated heterocycles. The number of carbonyl (C=O) groups excluding carboxylic acids is 1. The van der Waals surface area contributed by atoms with E-state index in [-0.39, 0.29) is 13.1 Å². The fourth-order valence-corrected chi connectivity index (χ4v) is 2.15. The molecular weight excluding hydrogens is 194 g/mol. The predicted molar refractivity (Wildman–Crippen MR) is 46.6 cm³/mol. The first-order valence-corrected chi connectivity index (χ1v) is 5.34. The van der Waals surface area contributed by atoms with E-state index in [9.17, 15) is 13.2 Å². The Bertz CT molecular complexity index is 326. The third-order valence-corrected chi connectivity index (χ3v) is 3.42. The van der Waals surface area contributed by atoms with Gasteiger partial charge in [0.25, 0.3) is 10.2 Å². The van der Waals surface area contributed by atoms with Gasteiger partial charge in [0.2, 0.25) is 5.91 Å². The quantitative estimate of drug-likeness (QED) is 0.568. The average Bonchev–Trinajstić information content (AvgIpc) is 2.31. The van der Waals surface area contributed by atoms with Gasteiger partial charge < -0.3 is 5.73 Å². The van der Waals surface area contributed by atoms with E-state index >= 15 is 0 Å². The van der Waals surface area contributed by atoms with Crippen LogP contribution < -0.4 is 10.9 Å². The summed E-state index contributed by atoms with van der Waals surface area (Å²) in [7, 11) is -3.68. The van der Waals surface area contributed by atoms with Gasteiger partial charge in [-0.05, 0) is 13.3 Å². The fourth-order valence-electron chi connectivity index (χ4n) is 1.34. The van der Waals surface area contributed by atoms with Crippen molar-refractivity contribution in [3.05, 3.63) is 0 Å². The standard InChI is InChI=1S/C6H13N3O3S/c1-6(5(7)10)2-3-9(4-6)13(8,11)12/h2-4H2,1H3,(H2,7,10)(H2,8,11,12). The molecule has 1 rings (SSSR count). The number of primary amides is 1. The summed E-state index contributed by atoms with van der Waals surface area (Å²) in [6.07, 6.45) is 0.429. The third kappa shape index (κ3) is 1.98. The molecule has 4 N–H and O–H groups in total. The van der Waals surface area contributed by atoms with Crippen LogP contribution in [0.1, 0.15) is 13.3 Å². The molecule has 76 valence electrons. The Balaban J connectivity index is 2.81. The van der Waals surface area contributed by atoms with Crippen LogP contribution in [0.2, 0.25) is 0 Å². The van der Waals surface area contributed by atoms with Gasteiger partial charge in [-0.2, -0.15) is 12.7 Å². The maximum atomic E-state index is 11.0. The van der Waals surface area contributed by atoms with Gasteiger partial charge in [-0.1, -0.05) is 0 Å².